The van der Waals surface area contributed by atoms with Gasteiger partial charge in [0.2, 0.25) is 0 Å². The highest BCUT2D eigenvalue weighted by molar-refractivity contribution is 5.93. The van der Waals surface area contributed by atoms with E-state index in [0.29, 0.717) is 25.5 Å². The summed E-state index contributed by atoms with van der Waals surface area (Å²) in [5.74, 6) is 0.0456. The smallest absolute Gasteiger partial charge is 0.339 e. The number of anilines is 1. The third-order valence-corrected chi connectivity index (χ3v) is 6.12. The molecular weight excluding hydrogens is 368 g/mol. The van der Waals surface area contributed by atoms with Gasteiger partial charge in [0.1, 0.15) is 11.4 Å². The minimum Gasteiger partial charge on any atom is -0.478 e. The Kier molecular flexibility index (Phi) is 4.90. The maximum absolute atomic E-state index is 12.9. The number of aromatic nitrogens is 1. The van der Waals surface area contributed by atoms with Crippen molar-refractivity contribution >= 4 is 17.8 Å². The average Bonchev–Trinajstić information content (AvgIpc) is 3.25. The Balaban J connectivity index is 1.69. The van der Waals surface area contributed by atoms with Crippen LogP contribution < -0.4 is 4.90 Å². The van der Waals surface area contributed by atoms with Crippen molar-refractivity contribution in [2.75, 3.05) is 38.6 Å². The Morgan fingerprint density at radius 1 is 1.10 bits per heavy atom. The fraction of sp³-hybridized carbons (Fsp3) is 0.409. The highest BCUT2D eigenvalue weighted by Crippen LogP contribution is 2.47. The van der Waals surface area contributed by atoms with Gasteiger partial charge in [-0.15, -0.1) is 0 Å². The maximum atomic E-state index is 12.9. The van der Waals surface area contributed by atoms with Crippen molar-refractivity contribution in [1.82, 2.24) is 14.8 Å². The Morgan fingerprint density at radius 2 is 1.86 bits per heavy atom. The molecule has 0 radical (unpaired) electrons. The predicted octanol–water partition coefficient (Wildman–Crippen LogP) is 2.88. The van der Waals surface area contributed by atoms with Crippen molar-refractivity contribution < 1.29 is 14.7 Å². The van der Waals surface area contributed by atoms with Crippen molar-refractivity contribution in [3.63, 3.8) is 0 Å². The number of likely N-dealkylation sites (tertiary alicyclic amines) is 1. The Bertz CT molecular complexity index is 945. The molecule has 2 fully saturated rings. The van der Waals surface area contributed by atoms with Crippen molar-refractivity contribution in [1.29, 1.82) is 0 Å². The predicted molar refractivity (Wildman–Crippen MR) is 110 cm³/mol. The van der Waals surface area contributed by atoms with Crippen LogP contribution in [0.15, 0.2) is 42.6 Å². The van der Waals surface area contributed by atoms with Crippen molar-refractivity contribution in [3.8, 4) is 0 Å². The molecule has 2 aliphatic heterocycles. The van der Waals surface area contributed by atoms with Gasteiger partial charge < -0.3 is 19.8 Å². The van der Waals surface area contributed by atoms with Crippen LogP contribution in [0.5, 0.6) is 0 Å². The molecule has 3 heterocycles. The van der Waals surface area contributed by atoms with E-state index in [1.54, 1.807) is 37.3 Å². The third-order valence-electron chi connectivity index (χ3n) is 6.12. The lowest BCUT2D eigenvalue weighted by atomic mass is 9.88. The summed E-state index contributed by atoms with van der Waals surface area (Å²) >= 11 is 0. The number of carbonyl (C=O) groups is 2. The van der Waals surface area contributed by atoms with Gasteiger partial charge in [-0.2, -0.15) is 0 Å². The number of carboxylic acid groups (broad SMARTS) is 1. The first-order valence-corrected chi connectivity index (χ1v) is 9.85. The first-order valence-electron chi connectivity index (χ1n) is 9.85. The van der Waals surface area contributed by atoms with Gasteiger partial charge in [0.15, 0.2) is 0 Å². The molecule has 29 heavy (non-hydrogen) atoms. The quantitative estimate of drug-likeness (QED) is 0.866. The molecule has 152 valence electrons. The van der Waals surface area contributed by atoms with Gasteiger partial charge in [0.05, 0.1) is 6.04 Å². The number of hydrogen-bond donors (Lipinski definition) is 1. The number of carbonyl (C=O) groups excluding carboxylic acids is 1. The Hall–Kier alpha value is -3.09. The summed E-state index contributed by atoms with van der Waals surface area (Å²) in [7, 11) is 3.56. The van der Waals surface area contributed by atoms with Gasteiger partial charge in [-0.05, 0) is 30.2 Å². The van der Waals surface area contributed by atoms with Gasteiger partial charge in [-0.3, -0.25) is 0 Å². The number of aromatic carboxylic acids is 1. The first kappa shape index (κ1) is 19.2. The summed E-state index contributed by atoms with van der Waals surface area (Å²) in [6, 6.07) is 11.4. The van der Waals surface area contributed by atoms with Crippen LogP contribution in [0.25, 0.3) is 0 Å². The number of pyridine rings is 1. The van der Waals surface area contributed by atoms with Crippen LogP contribution in [-0.4, -0.2) is 65.6 Å². The van der Waals surface area contributed by atoms with E-state index in [0.717, 1.165) is 11.1 Å². The van der Waals surface area contributed by atoms with Crippen LogP contribution in [0.4, 0.5) is 10.6 Å². The second-order valence-electron chi connectivity index (χ2n) is 8.14. The Morgan fingerprint density at radius 3 is 2.55 bits per heavy atom. The number of rotatable bonds is 3. The molecule has 2 aliphatic rings. The molecule has 1 N–H and O–H groups in total. The van der Waals surface area contributed by atoms with E-state index < -0.39 is 5.97 Å². The van der Waals surface area contributed by atoms with Crippen LogP contribution in [0.3, 0.4) is 0 Å². The number of aryl methyl sites for hydroxylation is 1. The summed E-state index contributed by atoms with van der Waals surface area (Å²) in [5.41, 5.74) is 2.55. The van der Waals surface area contributed by atoms with E-state index in [4.69, 9.17) is 0 Å². The molecule has 4 rings (SSSR count). The van der Waals surface area contributed by atoms with Crippen LogP contribution in [0, 0.1) is 18.8 Å². The molecule has 7 heteroatoms. The lowest BCUT2D eigenvalue weighted by molar-refractivity contribution is 0.0697. The van der Waals surface area contributed by atoms with Crippen LogP contribution in [0.2, 0.25) is 0 Å². The summed E-state index contributed by atoms with van der Waals surface area (Å²) in [4.78, 5) is 34.6. The van der Waals surface area contributed by atoms with E-state index in [9.17, 15) is 14.7 Å². The second kappa shape index (κ2) is 7.39. The van der Waals surface area contributed by atoms with E-state index >= 15 is 0 Å². The molecule has 2 amide bonds. The third kappa shape index (κ3) is 3.30. The lowest BCUT2D eigenvalue weighted by Crippen LogP contribution is -2.41. The van der Waals surface area contributed by atoms with E-state index in [1.807, 2.05) is 17.0 Å². The normalized spacial score (nSPS) is 23.2. The van der Waals surface area contributed by atoms with Crippen LogP contribution >= 0.6 is 0 Å². The zero-order valence-electron chi connectivity index (χ0n) is 16.9. The summed E-state index contributed by atoms with van der Waals surface area (Å²) in [6.07, 6.45) is 1.64. The second-order valence-corrected chi connectivity index (χ2v) is 8.14. The fourth-order valence-electron chi connectivity index (χ4n) is 4.80. The SMILES string of the molecule is Cc1ccccc1[C@H]1[C@@H]2CN(c3ncccc3C(=O)O)C[C@@H]2CN1C(=O)N(C)C. The van der Waals surface area contributed by atoms with E-state index in [-0.39, 0.29) is 29.5 Å². The van der Waals surface area contributed by atoms with Crippen molar-refractivity contribution in [3.05, 3.63) is 59.3 Å². The number of hydrogen-bond acceptors (Lipinski definition) is 4. The number of benzene rings is 1. The molecule has 2 saturated heterocycles. The molecule has 2 aromatic rings. The summed E-state index contributed by atoms with van der Waals surface area (Å²) < 4.78 is 0. The van der Waals surface area contributed by atoms with Crippen molar-refractivity contribution in [2.24, 2.45) is 11.8 Å². The monoisotopic (exact) mass is 394 g/mol. The van der Waals surface area contributed by atoms with Gasteiger partial charge in [0, 0.05) is 51.8 Å². The fourth-order valence-corrected chi connectivity index (χ4v) is 4.80. The van der Waals surface area contributed by atoms with Gasteiger partial charge in [-0.1, -0.05) is 24.3 Å². The molecule has 0 bridgehead atoms. The zero-order chi connectivity index (χ0) is 20.7. The molecule has 1 aromatic carbocycles. The standard InChI is InChI=1S/C22H26N4O3/c1-14-7-4-5-8-16(14)19-18-13-25(20-17(21(27)28)9-6-10-23-20)11-15(18)12-26(19)22(29)24(2)3/h4-10,15,18-19H,11-13H2,1-3H3,(H,27,28)/t15-,18-,19+/m1/s1. The minimum atomic E-state index is -0.968. The average molecular weight is 394 g/mol. The number of urea groups is 1. The Labute approximate surface area is 170 Å². The van der Waals surface area contributed by atoms with Crippen LogP contribution in [-0.2, 0) is 0 Å². The minimum absolute atomic E-state index is 0.0169. The number of nitrogens with zero attached hydrogens (tertiary/aromatic N) is 4. The summed E-state index contributed by atoms with van der Waals surface area (Å²) in [6.45, 7) is 4.11. The molecule has 1 aromatic heterocycles. The van der Waals surface area contributed by atoms with E-state index in [1.165, 1.54) is 0 Å². The molecule has 0 spiro atoms. The topological polar surface area (TPSA) is 77.0 Å². The number of amides is 2. The molecule has 3 atom stereocenters. The van der Waals surface area contributed by atoms with Crippen molar-refractivity contribution in [2.45, 2.75) is 13.0 Å². The molecule has 0 saturated carbocycles. The van der Waals surface area contributed by atoms with Gasteiger partial charge >= 0.3 is 12.0 Å². The number of fused-ring (bicyclic) bond motifs is 1. The largest absolute Gasteiger partial charge is 0.478 e. The van der Waals surface area contributed by atoms with Gasteiger partial charge in [0.25, 0.3) is 0 Å². The highest BCUT2D eigenvalue weighted by Gasteiger charge is 2.50. The highest BCUT2D eigenvalue weighted by atomic mass is 16.4. The molecule has 0 unspecified atom stereocenters. The zero-order valence-corrected chi connectivity index (χ0v) is 16.9. The van der Waals surface area contributed by atoms with E-state index in [2.05, 4.69) is 28.9 Å². The van der Waals surface area contributed by atoms with Crippen LogP contribution in [0.1, 0.15) is 27.5 Å². The lowest BCUT2D eigenvalue weighted by Gasteiger charge is -2.33. The first-order chi connectivity index (χ1) is 13.9. The maximum Gasteiger partial charge on any atom is 0.339 e. The number of carboxylic acids is 1. The molecule has 0 aliphatic carbocycles. The van der Waals surface area contributed by atoms with Gasteiger partial charge in [-0.25, -0.2) is 14.6 Å². The summed E-state index contributed by atoms with van der Waals surface area (Å²) in [5, 5.41) is 9.55. The molecular formula is C22H26N4O3. The molecule has 7 nitrogen and oxygen atoms in total.